The normalized spacial score (nSPS) is 10.8. The molecule has 2 aromatic carbocycles. The molecule has 0 saturated heterocycles. The minimum absolute atomic E-state index is 0.112. The van der Waals surface area contributed by atoms with Gasteiger partial charge in [-0.3, -0.25) is 4.79 Å². The van der Waals surface area contributed by atoms with Crippen LogP contribution in [0.15, 0.2) is 65.1 Å². The maximum absolute atomic E-state index is 12.8. The van der Waals surface area contributed by atoms with Crippen molar-refractivity contribution in [1.82, 2.24) is 14.8 Å². The molecule has 0 unspecified atom stereocenters. The number of amides is 1. The zero-order chi connectivity index (χ0) is 25.5. The van der Waals surface area contributed by atoms with Crippen LogP contribution in [0.3, 0.4) is 0 Å². The molecular weight excluding hydrogens is 496 g/mol. The number of carbonyl (C=O) groups excluding carboxylic acids is 2. The van der Waals surface area contributed by atoms with Crippen molar-refractivity contribution in [2.75, 3.05) is 24.8 Å². The number of nitrogens with one attached hydrogen (secondary N) is 1. The minimum Gasteiger partial charge on any atom is -0.494 e. The number of ether oxygens (including phenoxy) is 2. The topological polar surface area (TPSA) is 95.3 Å². The van der Waals surface area contributed by atoms with Gasteiger partial charge in [-0.1, -0.05) is 42.1 Å². The summed E-state index contributed by atoms with van der Waals surface area (Å²) in [5.74, 6) is 0.886. The quantitative estimate of drug-likeness (QED) is 0.214. The van der Waals surface area contributed by atoms with E-state index in [0.717, 1.165) is 28.3 Å². The van der Waals surface area contributed by atoms with Crippen molar-refractivity contribution in [1.29, 1.82) is 0 Å². The number of carbonyl (C=O) groups is 2. The highest BCUT2D eigenvalue weighted by Crippen LogP contribution is 2.36. The Kier molecular flexibility index (Phi) is 8.40. The number of thiophene rings is 1. The molecule has 4 rings (SSSR count). The molecule has 2 aromatic heterocycles. The lowest BCUT2D eigenvalue weighted by Gasteiger charge is -2.09. The van der Waals surface area contributed by atoms with Crippen molar-refractivity contribution in [2.45, 2.75) is 25.5 Å². The van der Waals surface area contributed by atoms with Crippen molar-refractivity contribution >= 4 is 40.0 Å². The highest BCUT2D eigenvalue weighted by Gasteiger charge is 2.23. The fourth-order valence-electron chi connectivity index (χ4n) is 3.64. The molecule has 8 nitrogen and oxygen atoms in total. The fourth-order valence-corrected chi connectivity index (χ4v) is 5.41. The van der Waals surface area contributed by atoms with Gasteiger partial charge < -0.3 is 19.4 Å². The number of aromatic nitrogens is 3. The van der Waals surface area contributed by atoms with E-state index < -0.39 is 5.97 Å². The lowest BCUT2D eigenvalue weighted by Crippen LogP contribution is -2.16. The molecule has 1 N–H and O–H groups in total. The lowest BCUT2D eigenvalue weighted by atomic mass is 10.0. The summed E-state index contributed by atoms with van der Waals surface area (Å²) in [6, 6.07) is 17.2. The number of hydrogen-bond acceptors (Lipinski definition) is 8. The van der Waals surface area contributed by atoms with E-state index in [1.165, 1.54) is 30.2 Å². The Hall–Kier alpha value is -3.63. The number of thioether (sulfide) groups is 1. The van der Waals surface area contributed by atoms with Crippen LogP contribution in [0.4, 0.5) is 5.00 Å². The van der Waals surface area contributed by atoms with Gasteiger partial charge in [0.2, 0.25) is 5.91 Å². The molecule has 4 aromatic rings. The number of esters is 1. The molecule has 186 valence electrons. The smallest absolute Gasteiger partial charge is 0.341 e. The molecule has 36 heavy (non-hydrogen) atoms. The van der Waals surface area contributed by atoms with Crippen molar-refractivity contribution < 1.29 is 19.1 Å². The van der Waals surface area contributed by atoms with E-state index in [2.05, 4.69) is 15.5 Å². The van der Waals surface area contributed by atoms with Gasteiger partial charge in [0.15, 0.2) is 11.0 Å². The summed E-state index contributed by atoms with van der Waals surface area (Å²) in [4.78, 5) is 25.3. The van der Waals surface area contributed by atoms with Gasteiger partial charge in [-0.15, -0.1) is 21.5 Å². The SMILES string of the molecule is CCOc1ccc(-c2nnc(SCC(=O)Nc3scc(-c4ccccc4)c3C(=O)OC)n2CC)cc1. The third kappa shape index (κ3) is 5.60. The van der Waals surface area contributed by atoms with Crippen LogP contribution in [0, 0.1) is 0 Å². The van der Waals surface area contributed by atoms with Gasteiger partial charge in [0.05, 0.1) is 19.5 Å². The fraction of sp³-hybridized carbons (Fsp3) is 0.231. The lowest BCUT2D eigenvalue weighted by molar-refractivity contribution is -0.113. The third-order valence-electron chi connectivity index (χ3n) is 5.31. The Morgan fingerprint density at radius 3 is 2.44 bits per heavy atom. The van der Waals surface area contributed by atoms with E-state index in [1.54, 1.807) is 0 Å². The van der Waals surface area contributed by atoms with Crippen LogP contribution in [-0.2, 0) is 16.1 Å². The second kappa shape index (κ2) is 11.9. The van der Waals surface area contributed by atoms with E-state index in [1.807, 2.05) is 78.4 Å². The zero-order valence-corrected chi connectivity index (χ0v) is 21.8. The molecule has 0 fully saturated rings. The predicted octanol–water partition coefficient (Wildman–Crippen LogP) is 5.61. The Balaban J connectivity index is 1.47. The first-order chi connectivity index (χ1) is 17.5. The maximum atomic E-state index is 12.8. The standard InChI is InChI=1S/C26H26N4O4S2/c1-4-30-23(18-11-13-19(14-12-18)34-5-2)28-29-26(30)36-16-21(31)27-24-22(25(32)33-3)20(15-35-24)17-9-7-6-8-10-17/h6-15H,4-5,16H2,1-3H3,(H,27,31). The van der Waals surface area contributed by atoms with Crippen molar-refractivity contribution in [3.05, 3.63) is 65.5 Å². The number of hydrogen-bond donors (Lipinski definition) is 1. The van der Waals surface area contributed by atoms with Crippen molar-refractivity contribution in [2.24, 2.45) is 0 Å². The molecule has 0 spiro atoms. The Morgan fingerprint density at radius 2 is 1.78 bits per heavy atom. The minimum atomic E-state index is -0.497. The van der Waals surface area contributed by atoms with E-state index in [0.29, 0.717) is 28.9 Å². The summed E-state index contributed by atoms with van der Waals surface area (Å²) in [5, 5.41) is 14.4. The van der Waals surface area contributed by atoms with Gasteiger partial charge in [-0.05, 0) is 43.7 Å². The molecule has 0 bridgehead atoms. The second-order valence-corrected chi connectivity index (χ2v) is 9.38. The summed E-state index contributed by atoms with van der Waals surface area (Å²) in [6.07, 6.45) is 0. The Labute approximate surface area is 217 Å². The molecular formula is C26H26N4O4S2. The number of methoxy groups -OCH3 is 1. The van der Waals surface area contributed by atoms with Crippen LogP contribution in [0.25, 0.3) is 22.5 Å². The van der Waals surface area contributed by atoms with Gasteiger partial charge in [0.25, 0.3) is 0 Å². The van der Waals surface area contributed by atoms with E-state index >= 15 is 0 Å². The highest BCUT2D eigenvalue weighted by atomic mass is 32.2. The van der Waals surface area contributed by atoms with Gasteiger partial charge in [-0.25, -0.2) is 4.79 Å². The first-order valence-corrected chi connectivity index (χ1v) is 13.3. The van der Waals surface area contributed by atoms with E-state index in [9.17, 15) is 9.59 Å². The summed E-state index contributed by atoms with van der Waals surface area (Å²) in [5.41, 5.74) is 2.86. The summed E-state index contributed by atoms with van der Waals surface area (Å²) < 4.78 is 12.5. The number of rotatable bonds is 10. The average Bonchev–Trinajstić information content (AvgIpc) is 3.52. The Morgan fingerprint density at radius 1 is 1.03 bits per heavy atom. The maximum Gasteiger partial charge on any atom is 0.341 e. The van der Waals surface area contributed by atoms with Crippen LogP contribution in [-0.4, -0.2) is 46.1 Å². The number of nitrogens with zero attached hydrogens (tertiary/aromatic N) is 3. The molecule has 0 aliphatic heterocycles. The average molecular weight is 523 g/mol. The number of benzene rings is 2. The zero-order valence-electron chi connectivity index (χ0n) is 20.2. The van der Waals surface area contributed by atoms with Crippen molar-refractivity contribution in [3.63, 3.8) is 0 Å². The molecule has 0 saturated carbocycles. The predicted molar refractivity (Wildman–Crippen MR) is 143 cm³/mol. The largest absolute Gasteiger partial charge is 0.494 e. The van der Waals surface area contributed by atoms with Crippen LogP contribution in [0.1, 0.15) is 24.2 Å². The van der Waals surface area contributed by atoms with Crippen LogP contribution in [0.5, 0.6) is 5.75 Å². The third-order valence-corrected chi connectivity index (χ3v) is 7.17. The molecule has 0 aliphatic rings. The van der Waals surface area contributed by atoms with Gasteiger partial charge in [-0.2, -0.15) is 0 Å². The monoisotopic (exact) mass is 522 g/mol. The molecule has 0 atom stereocenters. The Bertz CT molecular complexity index is 1330. The van der Waals surface area contributed by atoms with Gasteiger partial charge in [0, 0.05) is 23.1 Å². The first-order valence-electron chi connectivity index (χ1n) is 11.4. The summed E-state index contributed by atoms with van der Waals surface area (Å²) >= 11 is 2.58. The summed E-state index contributed by atoms with van der Waals surface area (Å²) in [6.45, 7) is 5.20. The molecule has 0 radical (unpaired) electrons. The van der Waals surface area contributed by atoms with Crippen molar-refractivity contribution in [3.8, 4) is 28.3 Å². The molecule has 2 heterocycles. The van der Waals surface area contributed by atoms with Crippen LogP contribution >= 0.6 is 23.1 Å². The second-order valence-electron chi connectivity index (χ2n) is 7.56. The molecule has 1 amide bonds. The van der Waals surface area contributed by atoms with Gasteiger partial charge in [0.1, 0.15) is 16.3 Å². The van der Waals surface area contributed by atoms with Crippen LogP contribution in [0.2, 0.25) is 0 Å². The molecule has 10 heteroatoms. The van der Waals surface area contributed by atoms with E-state index in [4.69, 9.17) is 9.47 Å². The first kappa shape index (κ1) is 25.5. The summed E-state index contributed by atoms with van der Waals surface area (Å²) in [7, 11) is 1.33. The highest BCUT2D eigenvalue weighted by molar-refractivity contribution is 7.99. The number of anilines is 1. The van der Waals surface area contributed by atoms with E-state index in [-0.39, 0.29) is 11.7 Å². The van der Waals surface area contributed by atoms with Gasteiger partial charge >= 0.3 is 5.97 Å². The van der Waals surface area contributed by atoms with Crippen LogP contribution < -0.4 is 10.1 Å². The molecule has 0 aliphatic carbocycles.